The number of likely N-dealkylation sites (N-methyl/N-ethyl adjacent to an activating group) is 1. The summed E-state index contributed by atoms with van der Waals surface area (Å²) in [5, 5.41) is 8.56. The van der Waals surface area contributed by atoms with Crippen LogP contribution in [0, 0.1) is 0 Å². The van der Waals surface area contributed by atoms with Gasteiger partial charge in [-0.3, -0.25) is 9.59 Å². The van der Waals surface area contributed by atoms with Gasteiger partial charge in [0.2, 0.25) is 5.91 Å². The fourth-order valence-electron chi connectivity index (χ4n) is 1.25. The zero-order chi connectivity index (χ0) is 12.0. The number of carbonyl (C=O) groups is 2. The zero-order valence-electron chi connectivity index (χ0n) is 9.86. The summed E-state index contributed by atoms with van der Waals surface area (Å²) >= 11 is 0. The van der Waals surface area contributed by atoms with Crippen LogP contribution in [0.5, 0.6) is 0 Å². The predicted molar refractivity (Wildman–Crippen MR) is 57.7 cm³/mol. The van der Waals surface area contributed by atoms with Gasteiger partial charge < -0.3 is 14.9 Å². The smallest absolute Gasteiger partial charge is 0.305 e. The topological polar surface area (TPSA) is 60.9 Å². The van der Waals surface area contributed by atoms with E-state index in [1.165, 1.54) is 0 Å². The average Bonchev–Trinajstić information content (AvgIpc) is 2.01. The number of hydrogen-bond acceptors (Lipinski definition) is 3. The lowest BCUT2D eigenvalue weighted by Crippen LogP contribution is -2.43. The number of carboxylic acids is 1. The van der Waals surface area contributed by atoms with E-state index in [2.05, 4.69) is 0 Å². The van der Waals surface area contributed by atoms with E-state index >= 15 is 0 Å². The lowest BCUT2D eigenvalue weighted by molar-refractivity contribution is -0.139. The second kappa shape index (κ2) is 6.40. The van der Waals surface area contributed by atoms with Crippen LogP contribution in [0.4, 0.5) is 0 Å². The zero-order valence-corrected chi connectivity index (χ0v) is 9.86. The lowest BCUT2D eigenvalue weighted by atomic mass is 10.2. The first-order chi connectivity index (χ1) is 6.84. The predicted octanol–water partition coefficient (Wildman–Crippen LogP) is 0.260. The standard InChI is InChI=1S/C10H20N2O3/c1-8(2)12(6-5-10(14)15)9(13)7-11(3)4/h8H,5-7H2,1-4H3,(H,14,15). The van der Waals surface area contributed by atoms with Gasteiger partial charge >= 0.3 is 5.97 Å². The highest BCUT2D eigenvalue weighted by Gasteiger charge is 2.17. The number of nitrogens with zero attached hydrogens (tertiary/aromatic N) is 2. The molecule has 0 saturated carbocycles. The summed E-state index contributed by atoms with van der Waals surface area (Å²) in [6.45, 7) is 4.36. The monoisotopic (exact) mass is 216 g/mol. The van der Waals surface area contributed by atoms with Crippen molar-refractivity contribution in [2.45, 2.75) is 26.3 Å². The molecule has 1 N–H and O–H groups in total. The van der Waals surface area contributed by atoms with Crippen molar-refractivity contribution < 1.29 is 14.7 Å². The molecule has 0 radical (unpaired) electrons. The molecule has 15 heavy (non-hydrogen) atoms. The van der Waals surface area contributed by atoms with Crippen LogP contribution >= 0.6 is 0 Å². The summed E-state index contributed by atoms with van der Waals surface area (Å²) in [4.78, 5) is 25.5. The van der Waals surface area contributed by atoms with Crippen LogP contribution in [-0.2, 0) is 9.59 Å². The van der Waals surface area contributed by atoms with Crippen LogP contribution in [0.25, 0.3) is 0 Å². The Balaban J connectivity index is 4.25. The molecule has 0 aliphatic heterocycles. The van der Waals surface area contributed by atoms with Gasteiger partial charge in [0.1, 0.15) is 0 Å². The molecule has 0 aliphatic carbocycles. The van der Waals surface area contributed by atoms with E-state index in [0.717, 1.165) is 0 Å². The molecular formula is C10H20N2O3. The van der Waals surface area contributed by atoms with Crippen molar-refractivity contribution in [3.8, 4) is 0 Å². The van der Waals surface area contributed by atoms with Crippen LogP contribution in [0.2, 0.25) is 0 Å². The molecule has 0 bridgehead atoms. The van der Waals surface area contributed by atoms with Gasteiger partial charge in [-0.25, -0.2) is 0 Å². The molecule has 0 rings (SSSR count). The molecule has 5 nitrogen and oxygen atoms in total. The Bertz CT molecular complexity index is 227. The SMILES string of the molecule is CC(C)N(CCC(=O)O)C(=O)CN(C)C. The van der Waals surface area contributed by atoms with Crippen LogP contribution in [0.1, 0.15) is 20.3 Å². The largest absolute Gasteiger partial charge is 0.481 e. The molecule has 0 aromatic carbocycles. The number of hydrogen-bond donors (Lipinski definition) is 1. The molecule has 0 fully saturated rings. The Hall–Kier alpha value is -1.10. The molecule has 0 spiro atoms. The van der Waals surface area contributed by atoms with Gasteiger partial charge in [-0.2, -0.15) is 0 Å². The Kier molecular flexibility index (Phi) is 5.93. The number of rotatable bonds is 6. The maximum absolute atomic E-state index is 11.7. The molecule has 0 heterocycles. The first-order valence-corrected chi connectivity index (χ1v) is 5.00. The first kappa shape index (κ1) is 13.9. The maximum atomic E-state index is 11.7. The minimum atomic E-state index is -0.877. The lowest BCUT2D eigenvalue weighted by Gasteiger charge is -2.27. The van der Waals surface area contributed by atoms with Crippen LogP contribution in [0.3, 0.4) is 0 Å². The third-order valence-electron chi connectivity index (χ3n) is 1.96. The molecule has 0 aromatic rings. The van der Waals surface area contributed by atoms with E-state index in [1.54, 1.807) is 9.80 Å². The summed E-state index contributed by atoms with van der Waals surface area (Å²) in [7, 11) is 3.63. The molecule has 5 heteroatoms. The second-order valence-corrected chi connectivity index (χ2v) is 4.06. The highest BCUT2D eigenvalue weighted by molar-refractivity contribution is 5.79. The Labute approximate surface area is 90.7 Å². The van der Waals surface area contributed by atoms with Gasteiger partial charge in [0.05, 0.1) is 13.0 Å². The van der Waals surface area contributed by atoms with E-state index in [4.69, 9.17) is 5.11 Å². The summed E-state index contributed by atoms with van der Waals surface area (Å²) in [5.41, 5.74) is 0. The van der Waals surface area contributed by atoms with Crippen LogP contribution in [0.15, 0.2) is 0 Å². The molecule has 1 amide bonds. The summed E-state index contributed by atoms with van der Waals surface area (Å²) in [6, 6.07) is 0.0387. The fourth-order valence-corrected chi connectivity index (χ4v) is 1.25. The third kappa shape index (κ3) is 6.06. The number of aliphatic carboxylic acids is 1. The third-order valence-corrected chi connectivity index (χ3v) is 1.96. The van der Waals surface area contributed by atoms with Gasteiger partial charge in [-0.05, 0) is 27.9 Å². The molecule has 0 aliphatic rings. The van der Waals surface area contributed by atoms with Gasteiger partial charge in [0.25, 0.3) is 0 Å². The molecular weight excluding hydrogens is 196 g/mol. The normalized spacial score (nSPS) is 10.8. The summed E-state index contributed by atoms with van der Waals surface area (Å²) < 4.78 is 0. The van der Waals surface area contributed by atoms with E-state index in [9.17, 15) is 9.59 Å². The van der Waals surface area contributed by atoms with Crippen LogP contribution < -0.4 is 0 Å². The Morgan fingerprint density at radius 2 is 1.80 bits per heavy atom. The number of amides is 1. The van der Waals surface area contributed by atoms with Gasteiger partial charge in [-0.1, -0.05) is 0 Å². The van der Waals surface area contributed by atoms with Crippen molar-refractivity contribution in [3.05, 3.63) is 0 Å². The quantitative estimate of drug-likeness (QED) is 0.692. The van der Waals surface area contributed by atoms with Gasteiger partial charge in [0.15, 0.2) is 0 Å². The highest BCUT2D eigenvalue weighted by Crippen LogP contribution is 2.01. The van der Waals surface area contributed by atoms with E-state index in [1.807, 2.05) is 27.9 Å². The molecule has 0 unspecified atom stereocenters. The average molecular weight is 216 g/mol. The van der Waals surface area contributed by atoms with Crippen molar-refractivity contribution in [2.24, 2.45) is 0 Å². The van der Waals surface area contributed by atoms with Crippen molar-refractivity contribution in [3.63, 3.8) is 0 Å². The molecule has 0 aromatic heterocycles. The van der Waals surface area contributed by atoms with E-state index < -0.39 is 5.97 Å². The van der Waals surface area contributed by atoms with Crippen molar-refractivity contribution in [1.29, 1.82) is 0 Å². The summed E-state index contributed by atoms with van der Waals surface area (Å²) in [6.07, 6.45) is -0.00263. The Morgan fingerprint density at radius 1 is 1.27 bits per heavy atom. The van der Waals surface area contributed by atoms with Gasteiger partial charge in [-0.15, -0.1) is 0 Å². The second-order valence-electron chi connectivity index (χ2n) is 4.06. The Morgan fingerprint density at radius 3 is 2.13 bits per heavy atom. The fraction of sp³-hybridized carbons (Fsp3) is 0.800. The number of carbonyl (C=O) groups excluding carboxylic acids is 1. The molecule has 0 atom stereocenters. The van der Waals surface area contributed by atoms with Crippen LogP contribution in [-0.4, -0.2) is 60.0 Å². The van der Waals surface area contributed by atoms with E-state index in [-0.39, 0.29) is 24.9 Å². The van der Waals surface area contributed by atoms with Crippen molar-refractivity contribution in [2.75, 3.05) is 27.2 Å². The van der Waals surface area contributed by atoms with Crippen molar-refractivity contribution >= 4 is 11.9 Å². The first-order valence-electron chi connectivity index (χ1n) is 5.00. The minimum Gasteiger partial charge on any atom is -0.481 e. The van der Waals surface area contributed by atoms with E-state index in [0.29, 0.717) is 6.54 Å². The maximum Gasteiger partial charge on any atom is 0.305 e. The number of carboxylic acid groups (broad SMARTS) is 1. The van der Waals surface area contributed by atoms with Gasteiger partial charge in [0, 0.05) is 12.6 Å². The summed E-state index contributed by atoms with van der Waals surface area (Å²) in [5.74, 6) is -0.908. The molecule has 0 saturated heterocycles. The minimum absolute atomic E-state index is 0.00263. The highest BCUT2D eigenvalue weighted by atomic mass is 16.4. The molecule has 88 valence electrons. The van der Waals surface area contributed by atoms with Crippen molar-refractivity contribution in [1.82, 2.24) is 9.80 Å².